The number of fused-ring (bicyclic) bond motifs is 9. The number of quaternary nitrogens is 4. The molecule has 6 atom stereocenters. The molecule has 3 aliphatic carbocycles. The SMILES string of the molecule is CO.CO.CO.CO.CO.Cc1cc2c([O-])c(c1)C[NH2+][C@H]1CCCC[C@@H]1[NH2+]Cc1cc(C)cc(c1[O-])C[NH2+][C@H]1CCCC[C@@H]1[NH2+]Cc1cc(C)cc(c1[O-])CN[C@H]1CCCC[C@@H]1NC2.[Ho+3].[N-]=C=S.[N-]=C=S.[N-]=C=S.[N-]=C=S. The zero-order chi connectivity index (χ0) is 58.4. The zero-order valence-electron chi connectivity index (χ0n) is 46.1. The van der Waals surface area contributed by atoms with E-state index < -0.39 is 0 Å². The van der Waals surface area contributed by atoms with Crippen molar-refractivity contribution in [1.82, 2.24) is 10.6 Å². The first-order valence-electron chi connectivity index (χ1n) is 25.3. The quantitative estimate of drug-likeness (QED) is 0.0859. The first-order valence-corrected chi connectivity index (χ1v) is 27.0. The number of hydrogen-bond acceptors (Lipinski definition) is 14. The molecule has 3 aromatic rings. The van der Waals surface area contributed by atoms with Gasteiger partial charge in [0.2, 0.25) is 0 Å². The molecule has 77 heavy (non-hydrogen) atoms. The molecule has 0 unspecified atom stereocenters. The number of nitrogens with one attached hydrogen (secondary N) is 2. The Labute approximate surface area is 510 Å². The van der Waals surface area contributed by atoms with Gasteiger partial charge in [-0.3, -0.25) is 0 Å². The number of benzene rings is 3. The molecular weight excluding hydrogens is 1210 g/mol. The Morgan fingerprint density at radius 2 is 0.584 bits per heavy atom. The molecular formula is C54H87HoN10O8S4. The zero-order valence-corrected chi connectivity index (χ0v) is 51.4. The van der Waals surface area contributed by atoms with Gasteiger partial charge in [0.25, 0.3) is 0 Å². The average Bonchev–Trinajstić information content (AvgIpc) is 3.44. The monoisotopic (exact) mass is 1300 g/mol. The summed E-state index contributed by atoms with van der Waals surface area (Å²) in [7, 11) is 5.00. The predicted molar refractivity (Wildman–Crippen MR) is 311 cm³/mol. The van der Waals surface area contributed by atoms with Crippen molar-refractivity contribution < 1.29 is 99.9 Å². The molecule has 7 rings (SSSR count). The van der Waals surface area contributed by atoms with Crippen LogP contribution >= 0.6 is 48.9 Å². The van der Waals surface area contributed by atoms with Crippen LogP contribution < -0.4 is 47.2 Å². The number of aryl methyl sites for hydroxylation is 3. The molecule has 4 aliphatic rings. The third kappa shape index (κ3) is 31.6. The number of aliphatic hydroxyl groups excluding tert-OH is 5. The molecule has 0 amide bonds. The Kier molecular flexibility index (Phi) is 54.9. The van der Waals surface area contributed by atoms with Crippen molar-refractivity contribution in [2.75, 3.05) is 35.5 Å². The number of rotatable bonds is 0. The van der Waals surface area contributed by atoms with Crippen molar-refractivity contribution in [3.8, 4) is 17.2 Å². The third-order valence-corrected chi connectivity index (χ3v) is 13.3. The summed E-state index contributed by atoms with van der Waals surface area (Å²) in [5.74, 6) is 0.531. The van der Waals surface area contributed by atoms with Crippen LogP contribution in [0.5, 0.6) is 17.2 Å². The topological polar surface area (TPSA) is 350 Å². The van der Waals surface area contributed by atoms with Crippen LogP contribution in [0, 0.1) is 58.5 Å². The van der Waals surface area contributed by atoms with Gasteiger partial charge in [-0.1, -0.05) is 132 Å². The van der Waals surface area contributed by atoms with Crippen LogP contribution in [-0.2, 0) is 39.3 Å². The minimum Gasteiger partial charge on any atom is -0.872 e. The van der Waals surface area contributed by atoms with Gasteiger partial charge in [-0.2, -0.15) is 20.6 Å². The van der Waals surface area contributed by atoms with Gasteiger partial charge in [-0.15, -0.1) is 0 Å². The van der Waals surface area contributed by atoms with Crippen molar-refractivity contribution in [3.05, 3.63) is 108 Å². The van der Waals surface area contributed by atoms with Crippen molar-refractivity contribution in [1.29, 1.82) is 0 Å². The fourth-order valence-electron chi connectivity index (χ4n) is 10.4. The van der Waals surface area contributed by atoms with Crippen molar-refractivity contribution in [2.24, 2.45) is 0 Å². The van der Waals surface area contributed by atoms with E-state index in [1.54, 1.807) is 0 Å². The smallest absolute Gasteiger partial charge is 0.872 e. The number of nitrogens with zero attached hydrogens (tertiary/aromatic N) is 4. The molecule has 0 aromatic heterocycles. The standard InChI is InChI=1S/C45H66N6O3.4CNS.5CH4O.Ho/c1-28-16-31-22-46-37-10-4-6-12-39(37)48-24-33-18-29(2)20-35(44(33)53)26-50-41-14-8-9-15-42(41)51-27-36-21-30(3)19-34(45(36)54)25-49-40-13-7-5-11-38(40)47-23-32(17-28)43(31)52;4*2-1-3;5*1-2;/h16-21,37-42,46-54H,4-15,22-27H2,1-3H3;;;;;5*2H,1H3;/q;4*-1;;;;;;+3/p+1/t37-,38-,39-,40-,41-,42-;;;;;;;;;;/m0........../s1. The maximum atomic E-state index is 13.9. The van der Waals surface area contributed by atoms with E-state index >= 15 is 0 Å². The molecule has 6 bridgehead atoms. The van der Waals surface area contributed by atoms with Crippen molar-refractivity contribution in [3.63, 3.8) is 0 Å². The molecule has 3 saturated carbocycles. The largest absolute Gasteiger partial charge is 3.00 e. The number of hydrogen-bond donors (Lipinski definition) is 11. The van der Waals surface area contributed by atoms with Gasteiger partial charge in [0.15, 0.2) is 0 Å². The maximum Gasteiger partial charge on any atom is 3.00 e. The second-order valence-corrected chi connectivity index (χ2v) is 18.6. The summed E-state index contributed by atoms with van der Waals surface area (Å²) in [6, 6.07) is 14.7. The molecule has 436 valence electrons. The van der Waals surface area contributed by atoms with Crippen LogP contribution in [0.4, 0.5) is 0 Å². The summed E-state index contributed by atoms with van der Waals surface area (Å²) in [5, 5.41) is 128. The van der Waals surface area contributed by atoms with E-state index in [1.807, 2.05) is 0 Å². The van der Waals surface area contributed by atoms with E-state index in [9.17, 15) is 15.3 Å². The molecule has 3 aromatic carbocycles. The normalized spacial score (nSPS) is 20.3. The Bertz CT molecular complexity index is 1810. The second kappa shape index (κ2) is 52.5. The summed E-state index contributed by atoms with van der Waals surface area (Å²) in [4.78, 5) is 0. The van der Waals surface area contributed by atoms with E-state index in [1.165, 1.54) is 59.2 Å². The first-order chi connectivity index (χ1) is 36.9. The summed E-state index contributed by atoms with van der Waals surface area (Å²) in [6.45, 7) is 10.2. The van der Waals surface area contributed by atoms with Crippen LogP contribution in [0.1, 0.15) is 127 Å². The van der Waals surface area contributed by atoms with Crippen molar-refractivity contribution >= 4 is 69.5 Å². The first kappa shape index (κ1) is 80.6. The van der Waals surface area contributed by atoms with Crippen LogP contribution in [0.15, 0.2) is 36.4 Å². The summed E-state index contributed by atoms with van der Waals surface area (Å²) in [6.07, 6.45) is 13.9. The number of isothiocyanates is 4. The fourth-order valence-corrected chi connectivity index (χ4v) is 10.4. The number of nitrogens with two attached hydrogens (primary N) is 4. The van der Waals surface area contributed by atoms with Gasteiger partial charge in [0.1, 0.15) is 50.3 Å². The Hall–Kier alpha value is -2.92. The van der Waals surface area contributed by atoms with Crippen LogP contribution in [0.3, 0.4) is 0 Å². The molecule has 3 fully saturated rings. The molecule has 0 spiro atoms. The van der Waals surface area contributed by atoms with Crippen LogP contribution in [-0.4, -0.2) is 118 Å². The van der Waals surface area contributed by atoms with Gasteiger partial charge < -0.3 is 94.4 Å². The van der Waals surface area contributed by atoms with Crippen molar-refractivity contribution in [2.45, 2.75) is 173 Å². The number of aliphatic hydroxyl groups is 5. The van der Waals surface area contributed by atoms with Gasteiger partial charge in [0.05, 0.1) is 0 Å². The molecule has 23 heteroatoms. The molecule has 1 aliphatic heterocycles. The second-order valence-electron chi connectivity index (χ2n) is 17.8. The van der Waals surface area contributed by atoms with Crippen LogP contribution in [0.2, 0.25) is 0 Å². The van der Waals surface area contributed by atoms with E-state index in [0.29, 0.717) is 63.4 Å². The minimum absolute atomic E-state index is 0. The van der Waals surface area contributed by atoms with Gasteiger partial charge in [-0.05, 0) is 92.7 Å². The Morgan fingerprint density at radius 3 is 0.805 bits per heavy atom. The summed E-state index contributed by atoms with van der Waals surface area (Å²) in [5.41, 5.74) is 8.74. The van der Waals surface area contributed by atoms with E-state index in [4.69, 9.17) is 47.2 Å². The molecule has 15 N–H and O–H groups in total. The van der Waals surface area contributed by atoms with Gasteiger partial charge in [-0.25, -0.2) is 0 Å². The maximum absolute atomic E-state index is 13.9. The molecule has 18 nitrogen and oxygen atoms in total. The Morgan fingerprint density at radius 1 is 0.403 bits per heavy atom. The predicted octanol–water partition coefficient (Wildman–Crippen LogP) is 1.29. The Balaban J connectivity index is -0.00000102. The number of thiocarbonyl (C=S) groups is 4. The molecule has 0 radical (unpaired) electrons. The van der Waals surface area contributed by atoms with E-state index in [0.717, 1.165) is 124 Å². The fraction of sp³-hybridized carbons (Fsp3) is 0.593. The average molecular weight is 1300 g/mol. The summed E-state index contributed by atoms with van der Waals surface area (Å²) >= 11 is 14.8. The van der Waals surface area contributed by atoms with Crippen LogP contribution in [0.25, 0.3) is 21.6 Å². The third-order valence-electron chi connectivity index (χ3n) is 13.3. The summed E-state index contributed by atoms with van der Waals surface area (Å²) < 4.78 is 0. The van der Waals surface area contributed by atoms with E-state index in [-0.39, 0.29) is 67.1 Å². The molecule has 1 heterocycles. The van der Waals surface area contributed by atoms with E-state index in [2.05, 4.69) is 138 Å². The van der Waals surface area contributed by atoms with Gasteiger partial charge in [0, 0.05) is 86.4 Å². The van der Waals surface area contributed by atoms with Gasteiger partial charge >= 0.3 is 37.7 Å². The minimum atomic E-state index is 0. The molecule has 0 saturated heterocycles.